The SMILES string of the molecule is Cc1cc(CNC2CCN(C(=O)OC(C)(C)C)CC2)n[nH]1. The molecule has 6 heteroatoms. The van der Waals surface area contributed by atoms with Gasteiger partial charge in [-0.2, -0.15) is 5.10 Å². The van der Waals surface area contributed by atoms with E-state index in [1.807, 2.05) is 33.8 Å². The number of hydrogen-bond donors (Lipinski definition) is 2. The summed E-state index contributed by atoms with van der Waals surface area (Å²) >= 11 is 0. The molecule has 0 aromatic carbocycles. The van der Waals surface area contributed by atoms with Crippen molar-refractivity contribution in [3.63, 3.8) is 0 Å². The second-order valence-electron chi connectivity index (χ2n) is 6.66. The van der Waals surface area contributed by atoms with Crippen LogP contribution in [0.15, 0.2) is 6.07 Å². The highest BCUT2D eigenvalue weighted by molar-refractivity contribution is 5.68. The van der Waals surface area contributed by atoms with E-state index in [0.29, 0.717) is 6.04 Å². The highest BCUT2D eigenvalue weighted by atomic mass is 16.6. The third-order valence-corrected chi connectivity index (χ3v) is 3.48. The minimum atomic E-state index is -0.427. The molecular weight excluding hydrogens is 268 g/mol. The van der Waals surface area contributed by atoms with Gasteiger partial charge in [0.05, 0.1) is 5.69 Å². The van der Waals surface area contributed by atoms with Gasteiger partial charge in [0.25, 0.3) is 0 Å². The van der Waals surface area contributed by atoms with E-state index in [1.165, 1.54) is 0 Å². The van der Waals surface area contributed by atoms with E-state index in [1.54, 1.807) is 4.90 Å². The lowest BCUT2D eigenvalue weighted by Crippen LogP contribution is -2.46. The quantitative estimate of drug-likeness (QED) is 0.896. The Morgan fingerprint density at radius 1 is 1.48 bits per heavy atom. The van der Waals surface area contributed by atoms with Gasteiger partial charge in [0.1, 0.15) is 5.60 Å². The molecule has 1 saturated heterocycles. The number of aromatic nitrogens is 2. The molecule has 2 rings (SSSR count). The number of likely N-dealkylation sites (tertiary alicyclic amines) is 1. The molecule has 0 bridgehead atoms. The molecule has 118 valence electrons. The van der Waals surface area contributed by atoms with Crippen molar-refractivity contribution in [1.29, 1.82) is 0 Å². The number of carbonyl (C=O) groups excluding carboxylic acids is 1. The van der Waals surface area contributed by atoms with E-state index in [2.05, 4.69) is 15.5 Å². The largest absolute Gasteiger partial charge is 0.444 e. The molecule has 1 aromatic rings. The number of carbonyl (C=O) groups is 1. The summed E-state index contributed by atoms with van der Waals surface area (Å²) in [5.41, 5.74) is 1.68. The van der Waals surface area contributed by atoms with Gasteiger partial charge in [-0.15, -0.1) is 0 Å². The number of hydrogen-bond acceptors (Lipinski definition) is 4. The Labute approximate surface area is 126 Å². The van der Waals surface area contributed by atoms with E-state index in [0.717, 1.165) is 43.9 Å². The summed E-state index contributed by atoms with van der Waals surface area (Å²) in [7, 11) is 0. The fourth-order valence-corrected chi connectivity index (χ4v) is 2.41. The zero-order chi connectivity index (χ0) is 15.5. The molecule has 0 radical (unpaired) electrons. The molecule has 0 spiro atoms. The third-order valence-electron chi connectivity index (χ3n) is 3.48. The maximum Gasteiger partial charge on any atom is 0.410 e. The zero-order valence-electron chi connectivity index (χ0n) is 13.4. The molecule has 21 heavy (non-hydrogen) atoms. The Kier molecular flexibility index (Phi) is 4.88. The Hall–Kier alpha value is -1.56. The predicted molar refractivity (Wildman–Crippen MR) is 81.0 cm³/mol. The number of ether oxygens (including phenoxy) is 1. The number of piperidine rings is 1. The highest BCUT2D eigenvalue weighted by Gasteiger charge is 2.26. The van der Waals surface area contributed by atoms with Crippen molar-refractivity contribution in [2.75, 3.05) is 13.1 Å². The van der Waals surface area contributed by atoms with Crippen LogP contribution < -0.4 is 5.32 Å². The summed E-state index contributed by atoms with van der Waals surface area (Å²) in [6.07, 6.45) is 1.69. The summed E-state index contributed by atoms with van der Waals surface area (Å²) in [5.74, 6) is 0. The molecule has 1 fully saturated rings. The second-order valence-corrected chi connectivity index (χ2v) is 6.66. The van der Waals surface area contributed by atoms with Crippen LogP contribution in [-0.2, 0) is 11.3 Å². The first-order chi connectivity index (χ1) is 9.83. The van der Waals surface area contributed by atoms with Crippen molar-refractivity contribution in [3.05, 3.63) is 17.5 Å². The van der Waals surface area contributed by atoms with Crippen LogP contribution in [0.5, 0.6) is 0 Å². The van der Waals surface area contributed by atoms with Gasteiger partial charge in [0.15, 0.2) is 0 Å². The van der Waals surface area contributed by atoms with Crippen LogP contribution in [0.25, 0.3) is 0 Å². The van der Waals surface area contributed by atoms with Crippen molar-refractivity contribution >= 4 is 6.09 Å². The van der Waals surface area contributed by atoms with E-state index in [4.69, 9.17) is 4.74 Å². The van der Waals surface area contributed by atoms with Crippen molar-refractivity contribution in [3.8, 4) is 0 Å². The number of aromatic amines is 1. The first-order valence-corrected chi connectivity index (χ1v) is 7.56. The fourth-order valence-electron chi connectivity index (χ4n) is 2.41. The Bertz CT molecular complexity index is 470. The number of rotatable bonds is 3. The summed E-state index contributed by atoms with van der Waals surface area (Å²) in [4.78, 5) is 13.8. The van der Waals surface area contributed by atoms with Crippen LogP contribution in [0.4, 0.5) is 4.79 Å². The standard InChI is InChI=1S/C15H26N4O2/c1-11-9-13(18-17-11)10-16-12-5-7-19(8-6-12)14(20)21-15(2,3)4/h9,12,16H,5-8,10H2,1-4H3,(H,17,18). The Balaban J connectivity index is 1.72. The first-order valence-electron chi connectivity index (χ1n) is 7.56. The lowest BCUT2D eigenvalue weighted by atomic mass is 10.1. The summed E-state index contributed by atoms with van der Waals surface area (Å²) < 4.78 is 5.40. The van der Waals surface area contributed by atoms with Gasteiger partial charge in [-0.05, 0) is 46.6 Å². The van der Waals surface area contributed by atoms with Crippen LogP contribution in [0, 0.1) is 6.92 Å². The molecule has 0 saturated carbocycles. The number of nitrogens with one attached hydrogen (secondary N) is 2. The highest BCUT2D eigenvalue weighted by Crippen LogP contribution is 2.15. The molecule has 1 aliphatic heterocycles. The third kappa shape index (κ3) is 5.04. The number of amides is 1. The summed E-state index contributed by atoms with van der Waals surface area (Å²) in [6.45, 7) is 9.93. The van der Waals surface area contributed by atoms with Crippen molar-refractivity contribution in [2.24, 2.45) is 0 Å². The monoisotopic (exact) mass is 294 g/mol. The molecule has 0 aliphatic carbocycles. The van der Waals surface area contributed by atoms with Crippen LogP contribution in [0.3, 0.4) is 0 Å². The maximum absolute atomic E-state index is 12.0. The zero-order valence-corrected chi connectivity index (χ0v) is 13.4. The minimum absolute atomic E-state index is 0.205. The number of H-pyrrole nitrogens is 1. The summed E-state index contributed by atoms with van der Waals surface area (Å²) in [6, 6.07) is 2.48. The van der Waals surface area contributed by atoms with Gasteiger partial charge in [0, 0.05) is 31.4 Å². The minimum Gasteiger partial charge on any atom is -0.444 e. The molecule has 1 aliphatic rings. The summed E-state index contributed by atoms with van der Waals surface area (Å²) in [5, 5.41) is 10.6. The molecule has 0 atom stereocenters. The van der Waals surface area contributed by atoms with E-state index in [-0.39, 0.29) is 6.09 Å². The lowest BCUT2D eigenvalue weighted by Gasteiger charge is -2.33. The van der Waals surface area contributed by atoms with Gasteiger partial charge >= 0.3 is 6.09 Å². The molecule has 1 aromatic heterocycles. The second kappa shape index (κ2) is 6.47. The van der Waals surface area contributed by atoms with Crippen molar-refractivity contribution in [2.45, 2.75) is 58.7 Å². The molecule has 2 N–H and O–H groups in total. The number of aryl methyl sites for hydroxylation is 1. The average molecular weight is 294 g/mol. The van der Waals surface area contributed by atoms with Gasteiger partial charge in [-0.25, -0.2) is 4.79 Å². The predicted octanol–water partition coefficient (Wildman–Crippen LogP) is 2.21. The van der Waals surface area contributed by atoms with E-state index in [9.17, 15) is 4.79 Å². The Morgan fingerprint density at radius 3 is 2.67 bits per heavy atom. The number of nitrogens with zero attached hydrogens (tertiary/aromatic N) is 2. The van der Waals surface area contributed by atoms with E-state index < -0.39 is 5.60 Å². The molecule has 6 nitrogen and oxygen atoms in total. The van der Waals surface area contributed by atoms with Crippen LogP contribution >= 0.6 is 0 Å². The topological polar surface area (TPSA) is 70.2 Å². The normalized spacial score (nSPS) is 17.0. The fraction of sp³-hybridized carbons (Fsp3) is 0.733. The van der Waals surface area contributed by atoms with Crippen molar-refractivity contribution < 1.29 is 9.53 Å². The smallest absolute Gasteiger partial charge is 0.410 e. The van der Waals surface area contributed by atoms with Gasteiger partial charge in [0.2, 0.25) is 0 Å². The van der Waals surface area contributed by atoms with Crippen molar-refractivity contribution in [1.82, 2.24) is 20.4 Å². The van der Waals surface area contributed by atoms with Crippen LogP contribution in [0.2, 0.25) is 0 Å². The molecule has 2 heterocycles. The molecule has 1 amide bonds. The van der Waals surface area contributed by atoms with Gasteiger partial charge < -0.3 is 15.0 Å². The molecular formula is C15H26N4O2. The van der Waals surface area contributed by atoms with E-state index >= 15 is 0 Å². The average Bonchev–Trinajstić information content (AvgIpc) is 2.81. The van der Waals surface area contributed by atoms with Crippen LogP contribution in [0.1, 0.15) is 45.0 Å². The van der Waals surface area contributed by atoms with Gasteiger partial charge in [-0.1, -0.05) is 0 Å². The first kappa shape index (κ1) is 15.8. The lowest BCUT2D eigenvalue weighted by molar-refractivity contribution is 0.0198. The Morgan fingerprint density at radius 2 is 2.14 bits per heavy atom. The maximum atomic E-state index is 12.0. The van der Waals surface area contributed by atoms with Gasteiger partial charge in [-0.3, -0.25) is 5.10 Å². The van der Waals surface area contributed by atoms with Crippen LogP contribution in [-0.4, -0.2) is 45.9 Å². The molecule has 0 unspecified atom stereocenters.